The summed E-state index contributed by atoms with van der Waals surface area (Å²) in [6, 6.07) is 9.18. The van der Waals surface area contributed by atoms with Crippen molar-refractivity contribution in [1.82, 2.24) is 10.6 Å². The van der Waals surface area contributed by atoms with Crippen LogP contribution in [-0.2, 0) is 11.3 Å². The molecule has 0 saturated carbocycles. The Morgan fingerprint density at radius 1 is 1.32 bits per heavy atom. The highest BCUT2D eigenvalue weighted by Gasteiger charge is 2.45. The summed E-state index contributed by atoms with van der Waals surface area (Å²) in [5.41, 5.74) is 0.295. The van der Waals surface area contributed by atoms with E-state index in [0.717, 1.165) is 5.56 Å². The summed E-state index contributed by atoms with van der Waals surface area (Å²) in [7, 11) is 0. The second kappa shape index (κ2) is 6.26. The summed E-state index contributed by atoms with van der Waals surface area (Å²) in [6.07, 6.45) is -0.538. The number of rotatable bonds is 3. The van der Waals surface area contributed by atoms with E-state index in [-0.39, 0.29) is 18.2 Å². The highest BCUT2D eigenvalue weighted by Crippen LogP contribution is 2.29. The van der Waals surface area contributed by atoms with E-state index in [1.807, 2.05) is 44.2 Å². The number of benzene rings is 1. The molecule has 1 amide bonds. The van der Waals surface area contributed by atoms with Crippen molar-refractivity contribution < 1.29 is 14.6 Å². The summed E-state index contributed by atoms with van der Waals surface area (Å²) < 4.78 is 5.23. The van der Waals surface area contributed by atoms with Gasteiger partial charge >= 0.3 is 6.09 Å². The van der Waals surface area contributed by atoms with E-state index >= 15 is 0 Å². The molecule has 1 saturated heterocycles. The van der Waals surface area contributed by atoms with E-state index in [1.165, 1.54) is 0 Å². The van der Waals surface area contributed by atoms with Gasteiger partial charge in [-0.1, -0.05) is 30.3 Å². The maximum atomic E-state index is 12.0. The predicted octanol–water partition coefficient (Wildman–Crippen LogP) is 2.19. The zero-order valence-corrected chi connectivity index (χ0v) is 13.7. The fraction of sp³-hybridized carbons (Fsp3) is 0.588. The summed E-state index contributed by atoms with van der Waals surface area (Å²) in [4.78, 5) is 12.0. The minimum Gasteiger partial charge on any atom is -0.445 e. The maximum Gasteiger partial charge on any atom is 0.407 e. The van der Waals surface area contributed by atoms with Crippen molar-refractivity contribution in [3.63, 3.8) is 0 Å². The standard InChI is InChI=1S/C17H26N2O3/c1-16(2)10-13(14(20)17(3,4)19-16)18-15(21)22-11-12-8-6-5-7-9-12/h5-9,13-14,19-20H,10-11H2,1-4H3,(H,18,21)/t13-,14-/m1/s1. The lowest BCUT2D eigenvalue weighted by atomic mass is 9.77. The highest BCUT2D eigenvalue weighted by atomic mass is 16.5. The van der Waals surface area contributed by atoms with Gasteiger partial charge in [0.05, 0.1) is 12.1 Å². The van der Waals surface area contributed by atoms with Gasteiger partial charge in [0, 0.05) is 11.1 Å². The van der Waals surface area contributed by atoms with Crippen LogP contribution in [0.4, 0.5) is 4.79 Å². The lowest BCUT2D eigenvalue weighted by Crippen LogP contribution is -2.70. The number of amides is 1. The minimum atomic E-state index is -0.676. The molecule has 0 unspecified atom stereocenters. The number of carbonyl (C=O) groups is 1. The van der Waals surface area contributed by atoms with Gasteiger partial charge in [0.15, 0.2) is 0 Å². The van der Waals surface area contributed by atoms with Crippen LogP contribution < -0.4 is 10.6 Å². The molecule has 0 aromatic heterocycles. The molecule has 5 heteroatoms. The van der Waals surface area contributed by atoms with Crippen LogP contribution in [0.25, 0.3) is 0 Å². The number of aliphatic hydroxyl groups is 1. The van der Waals surface area contributed by atoms with Crippen molar-refractivity contribution >= 4 is 6.09 Å². The molecule has 0 aliphatic carbocycles. The third kappa shape index (κ3) is 4.21. The summed E-state index contributed by atoms with van der Waals surface area (Å²) in [5, 5.41) is 16.6. The first-order valence-corrected chi connectivity index (χ1v) is 7.64. The minimum absolute atomic E-state index is 0.167. The Bertz CT molecular complexity index is 514. The molecule has 3 N–H and O–H groups in total. The summed E-state index contributed by atoms with van der Waals surface area (Å²) in [6.45, 7) is 8.21. The van der Waals surface area contributed by atoms with Crippen LogP contribution >= 0.6 is 0 Å². The van der Waals surface area contributed by atoms with Crippen LogP contribution in [0.15, 0.2) is 30.3 Å². The van der Waals surface area contributed by atoms with Crippen molar-refractivity contribution in [2.75, 3.05) is 0 Å². The van der Waals surface area contributed by atoms with Crippen LogP contribution in [0.1, 0.15) is 39.7 Å². The molecule has 0 spiro atoms. The SMILES string of the molecule is CC1(C)C[C@@H](NC(=O)OCc2ccccc2)[C@@H](O)C(C)(C)N1. The molecular formula is C17H26N2O3. The fourth-order valence-electron chi connectivity index (χ4n) is 3.21. The molecular weight excluding hydrogens is 280 g/mol. The van der Waals surface area contributed by atoms with Gasteiger partial charge in [-0.15, -0.1) is 0 Å². The van der Waals surface area contributed by atoms with Crippen molar-refractivity contribution in [2.45, 2.75) is 63.9 Å². The van der Waals surface area contributed by atoms with Crippen molar-refractivity contribution in [3.05, 3.63) is 35.9 Å². The van der Waals surface area contributed by atoms with Gasteiger partial charge in [0.1, 0.15) is 6.61 Å². The van der Waals surface area contributed by atoms with E-state index in [4.69, 9.17) is 4.74 Å². The largest absolute Gasteiger partial charge is 0.445 e. The molecule has 1 aromatic rings. The van der Waals surface area contributed by atoms with Crippen LogP contribution in [0, 0.1) is 0 Å². The number of alkyl carbamates (subject to hydrolysis) is 1. The van der Waals surface area contributed by atoms with Crippen molar-refractivity contribution in [1.29, 1.82) is 0 Å². The molecule has 1 heterocycles. The van der Waals surface area contributed by atoms with E-state index in [1.54, 1.807) is 0 Å². The summed E-state index contributed by atoms with van der Waals surface area (Å²) in [5.74, 6) is 0. The van der Waals surface area contributed by atoms with E-state index in [0.29, 0.717) is 6.42 Å². The van der Waals surface area contributed by atoms with Crippen LogP contribution in [0.5, 0.6) is 0 Å². The van der Waals surface area contributed by atoms with Crippen LogP contribution in [0.3, 0.4) is 0 Å². The second-order valence-electron chi connectivity index (χ2n) is 7.19. The fourth-order valence-corrected chi connectivity index (χ4v) is 3.21. The normalized spacial score (nSPS) is 26.2. The number of ether oxygens (including phenoxy) is 1. The van der Waals surface area contributed by atoms with Gasteiger partial charge in [-0.2, -0.15) is 0 Å². The second-order valence-corrected chi connectivity index (χ2v) is 7.19. The molecule has 2 atom stereocenters. The number of carbonyl (C=O) groups excluding carboxylic acids is 1. The summed E-state index contributed by atoms with van der Waals surface area (Å²) >= 11 is 0. The predicted molar refractivity (Wildman–Crippen MR) is 85.5 cm³/mol. The molecule has 1 fully saturated rings. The Balaban J connectivity index is 1.92. The molecule has 2 rings (SSSR count). The monoisotopic (exact) mass is 306 g/mol. The van der Waals surface area contributed by atoms with Gasteiger partial charge in [0.25, 0.3) is 0 Å². The molecule has 5 nitrogen and oxygen atoms in total. The van der Waals surface area contributed by atoms with Crippen molar-refractivity contribution in [3.8, 4) is 0 Å². The number of piperidine rings is 1. The number of aliphatic hydroxyl groups excluding tert-OH is 1. The molecule has 122 valence electrons. The highest BCUT2D eigenvalue weighted by molar-refractivity contribution is 5.67. The van der Waals surface area contributed by atoms with Gasteiger partial charge in [-0.25, -0.2) is 4.79 Å². The Kier molecular flexibility index (Phi) is 4.78. The first kappa shape index (κ1) is 16.8. The quantitative estimate of drug-likeness (QED) is 0.800. The molecule has 0 radical (unpaired) electrons. The Morgan fingerprint density at radius 3 is 2.59 bits per heavy atom. The Labute approximate surface area is 132 Å². The van der Waals surface area contributed by atoms with Crippen LogP contribution in [0.2, 0.25) is 0 Å². The third-order valence-corrected chi connectivity index (χ3v) is 4.03. The number of hydrogen-bond acceptors (Lipinski definition) is 4. The van der Waals surface area contributed by atoms with Gasteiger partial charge in [-0.05, 0) is 39.7 Å². The lowest BCUT2D eigenvalue weighted by Gasteiger charge is -2.49. The zero-order chi connectivity index (χ0) is 16.4. The topological polar surface area (TPSA) is 70.6 Å². The van der Waals surface area contributed by atoms with E-state index in [9.17, 15) is 9.90 Å². The number of hydrogen-bond donors (Lipinski definition) is 3. The molecule has 22 heavy (non-hydrogen) atoms. The van der Waals surface area contributed by atoms with Crippen molar-refractivity contribution in [2.24, 2.45) is 0 Å². The van der Waals surface area contributed by atoms with Crippen LogP contribution in [-0.4, -0.2) is 34.4 Å². The maximum absolute atomic E-state index is 12.0. The molecule has 0 bridgehead atoms. The average Bonchev–Trinajstić information content (AvgIpc) is 2.42. The Morgan fingerprint density at radius 2 is 1.95 bits per heavy atom. The zero-order valence-electron chi connectivity index (χ0n) is 13.7. The molecule has 1 aliphatic rings. The number of nitrogens with one attached hydrogen (secondary N) is 2. The molecule has 1 aliphatic heterocycles. The van der Waals surface area contributed by atoms with E-state index in [2.05, 4.69) is 24.5 Å². The Hall–Kier alpha value is -1.59. The average molecular weight is 306 g/mol. The third-order valence-electron chi connectivity index (χ3n) is 4.03. The smallest absolute Gasteiger partial charge is 0.407 e. The van der Waals surface area contributed by atoms with Gasteiger partial charge < -0.3 is 20.5 Å². The molecule has 1 aromatic carbocycles. The first-order chi connectivity index (χ1) is 10.2. The first-order valence-electron chi connectivity index (χ1n) is 7.64. The van der Waals surface area contributed by atoms with E-state index < -0.39 is 17.7 Å². The van der Waals surface area contributed by atoms with Gasteiger partial charge in [-0.3, -0.25) is 0 Å². The van der Waals surface area contributed by atoms with Gasteiger partial charge in [0.2, 0.25) is 0 Å². The lowest BCUT2D eigenvalue weighted by molar-refractivity contribution is -0.0141.